The molecule has 0 unspecified atom stereocenters. The van der Waals surface area contributed by atoms with Crippen molar-refractivity contribution in [3.8, 4) is 0 Å². The van der Waals surface area contributed by atoms with Crippen molar-refractivity contribution in [2.45, 2.75) is 31.2 Å². The summed E-state index contributed by atoms with van der Waals surface area (Å²) in [7, 11) is 1.21. The number of nitro groups is 1. The fourth-order valence-electron chi connectivity index (χ4n) is 1.91. The molecule has 0 aromatic carbocycles. The van der Waals surface area contributed by atoms with E-state index < -0.39 is 28.3 Å². The first-order valence-electron chi connectivity index (χ1n) is 4.85. The van der Waals surface area contributed by atoms with Crippen molar-refractivity contribution < 1.29 is 24.4 Å². The molecular weight excluding hydrogens is 218 g/mol. The van der Waals surface area contributed by atoms with Crippen molar-refractivity contribution in [1.82, 2.24) is 0 Å². The Morgan fingerprint density at radius 1 is 1.56 bits per heavy atom. The summed E-state index contributed by atoms with van der Waals surface area (Å²) < 4.78 is 4.39. The van der Waals surface area contributed by atoms with Crippen LogP contribution in [0.1, 0.15) is 25.7 Å². The van der Waals surface area contributed by atoms with Gasteiger partial charge in [-0.05, 0) is 0 Å². The zero-order valence-electron chi connectivity index (χ0n) is 8.84. The average Bonchev–Trinajstić information content (AvgIpc) is 2.14. The smallest absolute Gasteiger partial charge is 0.307 e. The molecule has 1 aliphatic rings. The van der Waals surface area contributed by atoms with Crippen LogP contribution in [0.5, 0.6) is 0 Å². The maximum atomic E-state index is 10.9. The third-order valence-corrected chi connectivity index (χ3v) is 3.01. The highest BCUT2D eigenvalue weighted by Crippen LogP contribution is 2.43. The van der Waals surface area contributed by atoms with Gasteiger partial charge in [0.1, 0.15) is 0 Å². The van der Waals surface area contributed by atoms with E-state index in [9.17, 15) is 19.7 Å². The number of nitrogens with zero attached hydrogens (tertiary/aromatic N) is 1. The largest absolute Gasteiger partial charge is 0.481 e. The van der Waals surface area contributed by atoms with Crippen molar-refractivity contribution in [3.63, 3.8) is 0 Å². The summed E-state index contributed by atoms with van der Waals surface area (Å²) in [6.07, 6.45) is -0.0288. The van der Waals surface area contributed by atoms with Gasteiger partial charge in [0.2, 0.25) is 5.54 Å². The molecule has 0 aromatic heterocycles. The van der Waals surface area contributed by atoms with Crippen LogP contribution < -0.4 is 0 Å². The Bertz CT molecular complexity index is 320. The molecule has 1 fully saturated rings. The molecule has 7 nitrogen and oxygen atoms in total. The summed E-state index contributed by atoms with van der Waals surface area (Å²) in [5, 5.41) is 19.5. The number of carbonyl (C=O) groups is 2. The molecule has 1 N–H and O–H groups in total. The van der Waals surface area contributed by atoms with Crippen LogP contribution >= 0.6 is 0 Å². The molecule has 0 radical (unpaired) electrons. The quantitative estimate of drug-likeness (QED) is 0.418. The highest BCUT2D eigenvalue weighted by atomic mass is 16.6. The van der Waals surface area contributed by atoms with Crippen LogP contribution in [-0.4, -0.2) is 34.6 Å². The standard InChI is InChI=1S/C9H13NO6/c1-16-7(11)2-3-9(10(14)15)4-6(5-9)8(12)13/h6H,2-5H2,1H3,(H,12,13)/t6-,9+. The van der Waals surface area contributed by atoms with E-state index in [1.807, 2.05) is 0 Å². The Kier molecular flexibility index (Phi) is 3.46. The van der Waals surface area contributed by atoms with Crippen LogP contribution in [0.25, 0.3) is 0 Å². The first-order chi connectivity index (χ1) is 7.41. The van der Waals surface area contributed by atoms with E-state index in [4.69, 9.17) is 5.11 Å². The second-order valence-electron chi connectivity index (χ2n) is 4.00. The molecule has 0 bridgehead atoms. The Balaban J connectivity index is 2.54. The number of esters is 1. The van der Waals surface area contributed by atoms with E-state index in [0.717, 1.165) is 0 Å². The third kappa shape index (κ3) is 2.29. The molecule has 7 heteroatoms. The summed E-state index contributed by atoms with van der Waals surface area (Å²) in [5.41, 5.74) is -1.25. The molecule has 90 valence electrons. The second-order valence-corrected chi connectivity index (χ2v) is 4.00. The number of ether oxygens (including phenoxy) is 1. The molecule has 0 spiro atoms. The SMILES string of the molecule is COC(=O)CC[C@]1([N+](=O)[O-])C[C@@H](C(=O)O)C1. The lowest BCUT2D eigenvalue weighted by molar-refractivity contribution is -0.590. The van der Waals surface area contributed by atoms with Crippen LogP contribution in [-0.2, 0) is 14.3 Å². The number of carboxylic acids is 1. The fourth-order valence-corrected chi connectivity index (χ4v) is 1.91. The van der Waals surface area contributed by atoms with Crippen molar-refractivity contribution >= 4 is 11.9 Å². The van der Waals surface area contributed by atoms with Gasteiger partial charge < -0.3 is 9.84 Å². The number of carboxylic acid groups (broad SMARTS) is 1. The van der Waals surface area contributed by atoms with E-state index in [0.29, 0.717) is 0 Å². The second kappa shape index (κ2) is 4.46. The topological polar surface area (TPSA) is 107 Å². The fraction of sp³-hybridized carbons (Fsp3) is 0.778. The van der Waals surface area contributed by atoms with Gasteiger partial charge in [-0.25, -0.2) is 0 Å². The maximum absolute atomic E-state index is 10.9. The molecule has 1 saturated carbocycles. The van der Waals surface area contributed by atoms with Gasteiger partial charge in [0.05, 0.1) is 19.4 Å². The highest BCUT2D eigenvalue weighted by Gasteiger charge is 2.57. The lowest BCUT2D eigenvalue weighted by Crippen LogP contribution is -2.52. The van der Waals surface area contributed by atoms with Gasteiger partial charge in [-0.2, -0.15) is 0 Å². The molecule has 0 amide bonds. The summed E-state index contributed by atoms with van der Waals surface area (Å²) in [6, 6.07) is 0. The van der Waals surface area contributed by atoms with Gasteiger partial charge in [-0.1, -0.05) is 0 Å². The molecule has 0 aromatic rings. The zero-order valence-corrected chi connectivity index (χ0v) is 8.84. The molecule has 0 heterocycles. The molecule has 16 heavy (non-hydrogen) atoms. The minimum absolute atomic E-state index is 0.00761. The molecular formula is C9H13NO6. The van der Waals surface area contributed by atoms with E-state index >= 15 is 0 Å². The highest BCUT2D eigenvalue weighted by molar-refractivity contribution is 5.72. The number of aliphatic carboxylic acids is 1. The van der Waals surface area contributed by atoms with Crippen molar-refractivity contribution in [1.29, 1.82) is 0 Å². The predicted octanol–water partition coefficient (Wildman–Crippen LogP) is 0.450. The van der Waals surface area contributed by atoms with E-state index in [-0.39, 0.29) is 25.7 Å². The lowest BCUT2D eigenvalue weighted by Gasteiger charge is -2.37. The van der Waals surface area contributed by atoms with Crippen LogP contribution in [0.3, 0.4) is 0 Å². The lowest BCUT2D eigenvalue weighted by atomic mass is 9.66. The average molecular weight is 231 g/mol. The first kappa shape index (κ1) is 12.4. The van der Waals surface area contributed by atoms with Crippen LogP contribution in [0.4, 0.5) is 0 Å². The van der Waals surface area contributed by atoms with E-state index in [1.54, 1.807) is 0 Å². The first-order valence-corrected chi connectivity index (χ1v) is 4.85. The summed E-state index contributed by atoms with van der Waals surface area (Å²) >= 11 is 0. The molecule has 1 rings (SSSR count). The van der Waals surface area contributed by atoms with Crippen LogP contribution in [0.15, 0.2) is 0 Å². The molecule has 0 atom stereocenters. The van der Waals surface area contributed by atoms with Crippen molar-refractivity contribution in [2.75, 3.05) is 7.11 Å². The van der Waals surface area contributed by atoms with Gasteiger partial charge in [0, 0.05) is 24.2 Å². The van der Waals surface area contributed by atoms with Gasteiger partial charge in [-0.15, -0.1) is 0 Å². The van der Waals surface area contributed by atoms with Gasteiger partial charge >= 0.3 is 11.9 Å². The third-order valence-electron chi connectivity index (χ3n) is 3.01. The number of methoxy groups -OCH3 is 1. The normalized spacial score (nSPS) is 27.9. The number of hydrogen-bond donors (Lipinski definition) is 1. The van der Waals surface area contributed by atoms with E-state index in [2.05, 4.69) is 4.74 Å². The zero-order chi connectivity index (χ0) is 12.3. The van der Waals surface area contributed by atoms with Crippen molar-refractivity contribution in [3.05, 3.63) is 10.1 Å². The monoisotopic (exact) mass is 231 g/mol. The van der Waals surface area contributed by atoms with Gasteiger partial charge in [0.15, 0.2) is 0 Å². The van der Waals surface area contributed by atoms with Crippen LogP contribution in [0.2, 0.25) is 0 Å². The van der Waals surface area contributed by atoms with Gasteiger partial charge in [-0.3, -0.25) is 19.7 Å². The Morgan fingerprint density at radius 2 is 2.12 bits per heavy atom. The Morgan fingerprint density at radius 3 is 2.50 bits per heavy atom. The minimum atomic E-state index is -1.25. The Labute approximate surface area is 91.5 Å². The van der Waals surface area contributed by atoms with Crippen LogP contribution in [0, 0.1) is 16.0 Å². The van der Waals surface area contributed by atoms with Crippen molar-refractivity contribution in [2.24, 2.45) is 5.92 Å². The van der Waals surface area contributed by atoms with Gasteiger partial charge in [0.25, 0.3) is 0 Å². The summed E-state index contributed by atoms with van der Waals surface area (Å²) in [5.74, 6) is -2.20. The maximum Gasteiger partial charge on any atom is 0.307 e. The number of hydrogen-bond acceptors (Lipinski definition) is 5. The molecule has 0 saturated heterocycles. The molecule has 1 aliphatic carbocycles. The summed E-state index contributed by atoms with van der Waals surface area (Å²) in [6.45, 7) is 0. The Hall–Kier alpha value is -1.66. The minimum Gasteiger partial charge on any atom is -0.481 e. The number of rotatable bonds is 5. The summed E-state index contributed by atoms with van der Waals surface area (Å²) in [4.78, 5) is 31.8. The van der Waals surface area contributed by atoms with E-state index in [1.165, 1.54) is 7.11 Å². The number of carbonyl (C=O) groups excluding carboxylic acids is 1. The predicted molar refractivity (Wildman–Crippen MR) is 51.3 cm³/mol. The molecule has 0 aliphatic heterocycles.